The molecule has 35 heavy (non-hydrogen) atoms. The number of hydrogen-bond acceptors (Lipinski definition) is 4. The minimum atomic E-state index is -3.40. The zero-order valence-corrected chi connectivity index (χ0v) is 21.4. The van der Waals surface area contributed by atoms with E-state index in [2.05, 4.69) is 31.4 Å². The van der Waals surface area contributed by atoms with E-state index in [0.717, 1.165) is 11.8 Å². The molecule has 0 saturated carbocycles. The van der Waals surface area contributed by atoms with Crippen molar-refractivity contribution in [1.82, 2.24) is 0 Å². The van der Waals surface area contributed by atoms with Crippen molar-refractivity contribution in [3.8, 4) is 0 Å². The predicted molar refractivity (Wildman–Crippen MR) is 142 cm³/mol. The summed E-state index contributed by atoms with van der Waals surface area (Å²) >= 11 is 0. The standard InChI is InChI=1S/C27H31N3O4S/c1-6-30(35(5,33)34)24-16-12-20(13-17-24)26(32)29-23-9-7-8-22(18-23)28-25(31)19-10-14-21(15-11-19)27(2,3)4/h7-18H,6H2,1-5H3,(H,28,31)(H,29,32). The summed E-state index contributed by atoms with van der Waals surface area (Å²) in [5, 5.41) is 5.66. The summed E-state index contributed by atoms with van der Waals surface area (Å²) < 4.78 is 25.0. The van der Waals surface area contributed by atoms with E-state index in [0.29, 0.717) is 34.7 Å². The second-order valence-electron chi connectivity index (χ2n) is 9.29. The first-order valence-electron chi connectivity index (χ1n) is 11.3. The lowest BCUT2D eigenvalue weighted by atomic mass is 9.87. The Kier molecular flexibility index (Phi) is 7.65. The third-order valence-electron chi connectivity index (χ3n) is 5.50. The van der Waals surface area contributed by atoms with Gasteiger partial charge in [-0.3, -0.25) is 13.9 Å². The van der Waals surface area contributed by atoms with Gasteiger partial charge in [-0.1, -0.05) is 39.0 Å². The molecule has 3 aromatic carbocycles. The Balaban J connectivity index is 1.68. The fourth-order valence-corrected chi connectivity index (χ4v) is 4.56. The number of hydrogen-bond donors (Lipinski definition) is 2. The van der Waals surface area contributed by atoms with Gasteiger partial charge in [-0.2, -0.15) is 0 Å². The van der Waals surface area contributed by atoms with Crippen LogP contribution in [0.1, 0.15) is 54.0 Å². The van der Waals surface area contributed by atoms with Crippen molar-refractivity contribution in [2.45, 2.75) is 33.1 Å². The van der Waals surface area contributed by atoms with Gasteiger partial charge in [-0.05, 0) is 72.5 Å². The van der Waals surface area contributed by atoms with Crippen LogP contribution in [0.5, 0.6) is 0 Å². The molecule has 3 rings (SSSR count). The SMILES string of the molecule is CCN(c1ccc(C(=O)Nc2cccc(NC(=O)c3ccc(C(C)(C)C)cc3)c2)cc1)S(C)(=O)=O. The largest absolute Gasteiger partial charge is 0.322 e. The van der Waals surface area contributed by atoms with Gasteiger partial charge in [0.15, 0.2) is 0 Å². The summed E-state index contributed by atoms with van der Waals surface area (Å²) in [4.78, 5) is 25.4. The topological polar surface area (TPSA) is 95.6 Å². The molecule has 0 aliphatic heterocycles. The van der Waals surface area contributed by atoms with Gasteiger partial charge in [-0.15, -0.1) is 0 Å². The van der Waals surface area contributed by atoms with E-state index in [1.165, 1.54) is 4.31 Å². The Morgan fingerprint density at radius 2 is 1.26 bits per heavy atom. The van der Waals surface area contributed by atoms with E-state index in [1.54, 1.807) is 67.6 Å². The van der Waals surface area contributed by atoms with Crippen LogP contribution < -0.4 is 14.9 Å². The van der Waals surface area contributed by atoms with Crippen molar-refractivity contribution < 1.29 is 18.0 Å². The van der Waals surface area contributed by atoms with Crippen LogP contribution >= 0.6 is 0 Å². The number of anilines is 3. The molecule has 0 radical (unpaired) electrons. The average Bonchev–Trinajstić information content (AvgIpc) is 2.79. The highest BCUT2D eigenvalue weighted by atomic mass is 32.2. The summed E-state index contributed by atoms with van der Waals surface area (Å²) in [5.74, 6) is -0.587. The molecule has 0 atom stereocenters. The second-order valence-corrected chi connectivity index (χ2v) is 11.2. The van der Waals surface area contributed by atoms with Gasteiger partial charge in [0.25, 0.3) is 11.8 Å². The lowest BCUT2D eigenvalue weighted by molar-refractivity contribution is 0.101. The van der Waals surface area contributed by atoms with Gasteiger partial charge in [-0.25, -0.2) is 8.42 Å². The molecule has 0 aliphatic carbocycles. The normalized spacial score (nSPS) is 11.6. The van der Waals surface area contributed by atoms with Crippen LogP contribution in [-0.4, -0.2) is 33.0 Å². The highest BCUT2D eigenvalue weighted by Crippen LogP contribution is 2.23. The molecule has 7 nitrogen and oxygen atoms in total. The molecular formula is C27H31N3O4S. The molecule has 0 bridgehead atoms. The summed E-state index contributed by atoms with van der Waals surface area (Å²) in [6.07, 6.45) is 1.14. The van der Waals surface area contributed by atoms with Crippen LogP contribution in [-0.2, 0) is 15.4 Å². The number of nitrogens with one attached hydrogen (secondary N) is 2. The maximum Gasteiger partial charge on any atom is 0.255 e. The molecule has 0 spiro atoms. The van der Waals surface area contributed by atoms with Gasteiger partial charge < -0.3 is 10.6 Å². The minimum absolute atomic E-state index is 0.00492. The molecule has 0 fully saturated rings. The van der Waals surface area contributed by atoms with Crippen molar-refractivity contribution in [1.29, 1.82) is 0 Å². The molecule has 3 aromatic rings. The third kappa shape index (κ3) is 6.70. The zero-order chi connectivity index (χ0) is 25.8. The van der Waals surface area contributed by atoms with Gasteiger partial charge in [0.2, 0.25) is 10.0 Å². The van der Waals surface area contributed by atoms with E-state index in [-0.39, 0.29) is 17.2 Å². The number of nitrogens with zero attached hydrogens (tertiary/aromatic N) is 1. The monoisotopic (exact) mass is 493 g/mol. The molecule has 8 heteroatoms. The van der Waals surface area contributed by atoms with Crippen LogP contribution in [0.3, 0.4) is 0 Å². The highest BCUT2D eigenvalue weighted by molar-refractivity contribution is 7.92. The minimum Gasteiger partial charge on any atom is -0.322 e. The maximum atomic E-state index is 12.7. The summed E-state index contributed by atoms with van der Waals surface area (Å²) in [5.41, 5.74) is 3.64. The van der Waals surface area contributed by atoms with Gasteiger partial charge in [0.05, 0.1) is 11.9 Å². The summed E-state index contributed by atoms with van der Waals surface area (Å²) in [6, 6.07) is 20.7. The number of carbonyl (C=O) groups excluding carboxylic acids is 2. The first-order chi connectivity index (χ1) is 16.4. The lowest BCUT2D eigenvalue weighted by Gasteiger charge is -2.20. The molecule has 0 unspecified atom stereocenters. The predicted octanol–water partition coefficient (Wildman–Crippen LogP) is 5.27. The number of benzene rings is 3. The fourth-order valence-electron chi connectivity index (χ4n) is 3.59. The molecule has 0 saturated heterocycles. The Bertz CT molecular complexity index is 1310. The van der Waals surface area contributed by atoms with E-state index in [4.69, 9.17) is 0 Å². The molecule has 2 amide bonds. The van der Waals surface area contributed by atoms with Crippen LogP contribution in [0.4, 0.5) is 17.1 Å². The number of amides is 2. The van der Waals surface area contributed by atoms with Gasteiger partial charge in [0.1, 0.15) is 0 Å². The van der Waals surface area contributed by atoms with Crippen LogP contribution in [0.15, 0.2) is 72.8 Å². The van der Waals surface area contributed by atoms with E-state index >= 15 is 0 Å². The molecule has 0 aromatic heterocycles. The quantitative estimate of drug-likeness (QED) is 0.468. The molecule has 0 aliphatic rings. The van der Waals surface area contributed by atoms with Crippen molar-refractivity contribution in [2.75, 3.05) is 27.7 Å². The number of sulfonamides is 1. The average molecular weight is 494 g/mol. The smallest absolute Gasteiger partial charge is 0.255 e. The van der Waals surface area contributed by atoms with Gasteiger partial charge in [0, 0.05) is 29.0 Å². The Morgan fingerprint density at radius 3 is 1.66 bits per heavy atom. The van der Waals surface area contributed by atoms with Crippen LogP contribution in [0, 0.1) is 0 Å². The fraction of sp³-hybridized carbons (Fsp3) is 0.259. The number of carbonyl (C=O) groups is 2. The molecule has 0 heterocycles. The Hall–Kier alpha value is -3.65. The highest BCUT2D eigenvalue weighted by Gasteiger charge is 2.17. The maximum absolute atomic E-state index is 12.7. The van der Waals surface area contributed by atoms with E-state index in [1.807, 2.05) is 12.1 Å². The third-order valence-corrected chi connectivity index (χ3v) is 6.77. The first-order valence-corrected chi connectivity index (χ1v) is 13.1. The van der Waals surface area contributed by atoms with Crippen LogP contribution in [0.25, 0.3) is 0 Å². The Morgan fingerprint density at radius 1 is 0.800 bits per heavy atom. The molecule has 184 valence electrons. The van der Waals surface area contributed by atoms with Gasteiger partial charge >= 0.3 is 0 Å². The first kappa shape index (κ1) is 26.0. The van der Waals surface area contributed by atoms with E-state index in [9.17, 15) is 18.0 Å². The van der Waals surface area contributed by atoms with Crippen molar-refractivity contribution in [3.63, 3.8) is 0 Å². The lowest BCUT2D eigenvalue weighted by Crippen LogP contribution is -2.29. The number of rotatable bonds is 7. The summed E-state index contributed by atoms with van der Waals surface area (Å²) in [7, 11) is -3.40. The molecule has 2 N–H and O–H groups in total. The van der Waals surface area contributed by atoms with Crippen molar-refractivity contribution in [3.05, 3.63) is 89.5 Å². The molecular weight excluding hydrogens is 462 g/mol. The van der Waals surface area contributed by atoms with E-state index < -0.39 is 10.0 Å². The zero-order valence-electron chi connectivity index (χ0n) is 20.6. The Labute approximate surface area is 207 Å². The van der Waals surface area contributed by atoms with Crippen LogP contribution in [0.2, 0.25) is 0 Å². The summed E-state index contributed by atoms with van der Waals surface area (Å²) in [6.45, 7) is 8.39. The second kappa shape index (κ2) is 10.3. The van der Waals surface area contributed by atoms with Crippen molar-refractivity contribution in [2.24, 2.45) is 0 Å². The van der Waals surface area contributed by atoms with Crippen molar-refractivity contribution >= 4 is 38.9 Å².